The highest BCUT2D eigenvalue weighted by molar-refractivity contribution is 5.77. The van der Waals surface area contributed by atoms with E-state index in [1.807, 2.05) is 45.0 Å². The van der Waals surface area contributed by atoms with Gasteiger partial charge in [0.05, 0.1) is 12.6 Å². The molecule has 0 radical (unpaired) electrons. The van der Waals surface area contributed by atoms with Crippen LogP contribution in [0.4, 0.5) is 0 Å². The van der Waals surface area contributed by atoms with Crippen molar-refractivity contribution in [2.75, 3.05) is 20.1 Å². The molecule has 0 aromatic heterocycles. The zero-order chi connectivity index (χ0) is 14.3. The summed E-state index contributed by atoms with van der Waals surface area (Å²) >= 11 is 0. The lowest BCUT2D eigenvalue weighted by Gasteiger charge is -2.15. The average molecular weight is 264 g/mol. The molecule has 0 aliphatic rings. The summed E-state index contributed by atoms with van der Waals surface area (Å²) in [5, 5.41) is 3.15. The summed E-state index contributed by atoms with van der Waals surface area (Å²) in [4.78, 5) is 13.3. The average Bonchev–Trinajstić information content (AvgIpc) is 2.37. The number of likely N-dealkylation sites (N-methyl/N-ethyl adjacent to an activating group) is 1. The molecular weight excluding hydrogens is 240 g/mol. The van der Waals surface area contributed by atoms with Gasteiger partial charge in [0, 0.05) is 20.1 Å². The van der Waals surface area contributed by atoms with Crippen molar-refractivity contribution in [1.29, 1.82) is 0 Å². The Morgan fingerprint density at radius 1 is 1.42 bits per heavy atom. The predicted molar refractivity (Wildman–Crippen MR) is 77.2 cm³/mol. The van der Waals surface area contributed by atoms with Gasteiger partial charge in [-0.1, -0.05) is 12.1 Å². The second-order valence-corrected chi connectivity index (χ2v) is 4.83. The maximum atomic E-state index is 11.6. The SMILES string of the molecule is CCN(C)C(=O)CNCc1cccc(OC(C)C)c1. The number of hydrogen-bond acceptors (Lipinski definition) is 3. The molecule has 0 spiro atoms. The largest absolute Gasteiger partial charge is 0.491 e. The predicted octanol–water partition coefficient (Wildman–Crippen LogP) is 2.04. The summed E-state index contributed by atoms with van der Waals surface area (Å²) in [5.41, 5.74) is 1.12. The molecule has 0 unspecified atom stereocenters. The first-order chi connectivity index (χ1) is 9.02. The van der Waals surface area contributed by atoms with Crippen LogP contribution in [0.15, 0.2) is 24.3 Å². The smallest absolute Gasteiger partial charge is 0.236 e. The molecule has 106 valence electrons. The van der Waals surface area contributed by atoms with Crippen LogP contribution in [-0.2, 0) is 11.3 Å². The molecule has 0 bridgehead atoms. The Bertz CT molecular complexity index is 405. The van der Waals surface area contributed by atoms with Gasteiger partial charge < -0.3 is 15.0 Å². The van der Waals surface area contributed by atoms with Crippen LogP contribution in [0.1, 0.15) is 26.3 Å². The van der Waals surface area contributed by atoms with Crippen molar-refractivity contribution in [3.8, 4) is 5.75 Å². The molecule has 1 rings (SSSR count). The molecule has 1 amide bonds. The number of benzene rings is 1. The van der Waals surface area contributed by atoms with Crippen molar-refractivity contribution in [3.05, 3.63) is 29.8 Å². The minimum absolute atomic E-state index is 0.108. The molecule has 0 aliphatic carbocycles. The van der Waals surface area contributed by atoms with Gasteiger partial charge in [0.25, 0.3) is 0 Å². The second kappa shape index (κ2) is 7.79. The fourth-order valence-electron chi connectivity index (χ4n) is 1.63. The Morgan fingerprint density at radius 3 is 2.79 bits per heavy atom. The fourth-order valence-corrected chi connectivity index (χ4v) is 1.63. The van der Waals surface area contributed by atoms with Crippen LogP contribution in [0, 0.1) is 0 Å². The molecule has 0 atom stereocenters. The number of carbonyl (C=O) groups excluding carboxylic acids is 1. The summed E-state index contributed by atoms with van der Waals surface area (Å²) in [5.74, 6) is 0.975. The lowest BCUT2D eigenvalue weighted by atomic mass is 10.2. The molecule has 1 aromatic rings. The number of ether oxygens (including phenoxy) is 1. The number of nitrogens with zero attached hydrogens (tertiary/aromatic N) is 1. The van der Waals surface area contributed by atoms with Gasteiger partial charge in [-0.2, -0.15) is 0 Å². The lowest BCUT2D eigenvalue weighted by Crippen LogP contribution is -2.35. The highest BCUT2D eigenvalue weighted by Gasteiger charge is 2.05. The summed E-state index contributed by atoms with van der Waals surface area (Å²) in [7, 11) is 1.81. The van der Waals surface area contributed by atoms with E-state index in [0.29, 0.717) is 13.1 Å². The van der Waals surface area contributed by atoms with E-state index in [2.05, 4.69) is 5.32 Å². The number of amides is 1. The first kappa shape index (κ1) is 15.5. The van der Waals surface area contributed by atoms with Crippen molar-refractivity contribution >= 4 is 5.91 Å². The molecule has 0 saturated carbocycles. The minimum atomic E-state index is 0.108. The van der Waals surface area contributed by atoms with Gasteiger partial charge in [0.1, 0.15) is 5.75 Å². The van der Waals surface area contributed by atoms with Crippen LogP contribution in [-0.4, -0.2) is 37.0 Å². The molecular formula is C15H24N2O2. The Morgan fingerprint density at radius 2 is 2.16 bits per heavy atom. The summed E-state index contributed by atoms with van der Waals surface area (Å²) in [6.07, 6.45) is 0.169. The Hall–Kier alpha value is -1.55. The van der Waals surface area contributed by atoms with Crippen molar-refractivity contribution in [2.45, 2.75) is 33.4 Å². The maximum Gasteiger partial charge on any atom is 0.236 e. The summed E-state index contributed by atoms with van der Waals surface area (Å²) in [6, 6.07) is 7.93. The van der Waals surface area contributed by atoms with Gasteiger partial charge in [-0.3, -0.25) is 4.79 Å². The maximum absolute atomic E-state index is 11.6. The van der Waals surface area contributed by atoms with E-state index >= 15 is 0 Å². The monoisotopic (exact) mass is 264 g/mol. The quantitative estimate of drug-likeness (QED) is 0.819. The molecule has 4 nitrogen and oxygen atoms in total. The highest BCUT2D eigenvalue weighted by Crippen LogP contribution is 2.14. The van der Waals surface area contributed by atoms with E-state index in [-0.39, 0.29) is 12.0 Å². The summed E-state index contributed by atoms with van der Waals surface area (Å²) in [6.45, 7) is 7.73. The van der Waals surface area contributed by atoms with Gasteiger partial charge in [-0.25, -0.2) is 0 Å². The normalized spacial score (nSPS) is 10.6. The second-order valence-electron chi connectivity index (χ2n) is 4.83. The molecule has 4 heteroatoms. The zero-order valence-corrected chi connectivity index (χ0v) is 12.3. The third kappa shape index (κ3) is 5.75. The van der Waals surface area contributed by atoms with Crippen molar-refractivity contribution < 1.29 is 9.53 Å². The Balaban J connectivity index is 2.43. The molecule has 0 heterocycles. The van der Waals surface area contributed by atoms with Crippen molar-refractivity contribution in [1.82, 2.24) is 10.2 Å². The number of nitrogens with one attached hydrogen (secondary N) is 1. The van der Waals surface area contributed by atoms with E-state index in [4.69, 9.17) is 4.74 Å². The zero-order valence-electron chi connectivity index (χ0n) is 12.3. The van der Waals surface area contributed by atoms with Crippen molar-refractivity contribution in [2.24, 2.45) is 0 Å². The van der Waals surface area contributed by atoms with E-state index in [1.54, 1.807) is 11.9 Å². The topological polar surface area (TPSA) is 41.6 Å². The number of carbonyl (C=O) groups is 1. The van der Waals surface area contributed by atoms with E-state index in [0.717, 1.165) is 17.9 Å². The van der Waals surface area contributed by atoms with Crippen molar-refractivity contribution in [3.63, 3.8) is 0 Å². The molecule has 0 aliphatic heterocycles. The number of hydrogen-bond donors (Lipinski definition) is 1. The van der Waals surface area contributed by atoms with Crippen LogP contribution in [0.25, 0.3) is 0 Å². The molecule has 1 aromatic carbocycles. The Kier molecular flexibility index (Phi) is 6.36. The van der Waals surface area contributed by atoms with Crippen LogP contribution in [0.2, 0.25) is 0 Å². The molecule has 19 heavy (non-hydrogen) atoms. The standard InChI is InChI=1S/C15H24N2O2/c1-5-17(4)15(18)11-16-10-13-7-6-8-14(9-13)19-12(2)3/h6-9,12,16H,5,10-11H2,1-4H3. The van der Waals surface area contributed by atoms with Gasteiger partial charge in [0.2, 0.25) is 5.91 Å². The van der Waals surface area contributed by atoms with Gasteiger partial charge in [0.15, 0.2) is 0 Å². The molecule has 0 saturated heterocycles. The van der Waals surface area contributed by atoms with Gasteiger partial charge in [-0.15, -0.1) is 0 Å². The van der Waals surface area contributed by atoms with Gasteiger partial charge in [-0.05, 0) is 38.5 Å². The minimum Gasteiger partial charge on any atom is -0.491 e. The van der Waals surface area contributed by atoms with Gasteiger partial charge >= 0.3 is 0 Å². The first-order valence-corrected chi connectivity index (χ1v) is 6.73. The van der Waals surface area contributed by atoms with E-state index in [1.165, 1.54) is 0 Å². The third-order valence-corrected chi connectivity index (χ3v) is 2.78. The fraction of sp³-hybridized carbons (Fsp3) is 0.533. The molecule has 0 fully saturated rings. The van der Waals surface area contributed by atoms with Crippen LogP contribution in [0.5, 0.6) is 5.75 Å². The third-order valence-electron chi connectivity index (χ3n) is 2.78. The lowest BCUT2D eigenvalue weighted by molar-refractivity contribution is -0.128. The van der Waals surface area contributed by atoms with Crippen LogP contribution < -0.4 is 10.1 Å². The summed E-state index contributed by atoms with van der Waals surface area (Å²) < 4.78 is 5.63. The Labute approximate surface area is 115 Å². The number of rotatable bonds is 7. The van der Waals surface area contributed by atoms with E-state index in [9.17, 15) is 4.79 Å². The van der Waals surface area contributed by atoms with Crippen LogP contribution >= 0.6 is 0 Å². The molecule has 1 N–H and O–H groups in total. The first-order valence-electron chi connectivity index (χ1n) is 6.73. The highest BCUT2D eigenvalue weighted by atomic mass is 16.5. The van der Waals surface area contributed by atoms with E-state index < -0.39 is 0 Å². The van der Waals surface area contributed by atoms with Crippen LogP contribution in [0.3, 0.4) is 0 Å².